The Labute approximate surface area is 152 Å². The summed E-state index contributed by atoms with van der Waals surface area (Å²) < 4.78 is 31.3. The van der Waals surface area contributed by atoms with Gasteiger partial charge >= 0.3 is 0 Å². The lowest BCUT2D eigenvalue weighted by Crippen LogP contribution is -2.32. The number of amides is 2. The van der Waals surface area contributed by atoms with Gasteiger partial charge in [-0.25, -0.2) is 13.1 Å². The van der Waals surface area contributed by atoms with E-state index in [1.807, 2.05) is 29.8 Å². The number of carbonyl (C=O) groups is 2. The van der Waals surface area contributed by atoms with E-state index >= 15 is 0 Å². The van der Waals surface area contributed by atoms with E-state index in [2.05, 4.69) is 5.32 Å². The molecule has 0 radical (unpaired) electrons. The second kappa shape index (κ2) is 8.48. The van der Waals surface area contributed by atoms with Crippen LogP contribution in [0.25, 0.3) is 0 Å². The molecule has 0 spiro atoms. The Bertz CT molecular complexity index is 864. The van der Waals surface area contributed by atoms with Crippen LogP contribution in [-0.2, 0) is 19.6 Å². The van der Waals surface area contributed by atoms with Crippen molar-refractivity contribution in [2.75, 3.05) is 5.32 Å². The second-order valence-electron chi connectivity index (χ2n) is 5.50. The molecular formula is C18H20N2O5S. The Kier molecular flexibility index (Phi) is 6.35. The first-order valence-electron chi connectivity index (χ1n) is 7.98. The number of anilines is 1. The maximum absolute atomic E-state index is 12.4. The molecule has 0 fully saturated rings. The van der Waals surface area contributed by atoms with Gasteiger partial charge < -0.3 is 10.1 Å². The molecular weight excluding hydrogens is 356 g/mol. The molecule has 7 nitrogen and oxygen atoms in total. The standard InChI is InChI=1S/C18H20N2O5S/c1-3-17(25-15-7-5-4-6-8-15)18(22)19-14-9-11-16(12-10-14)26(23,24)20-13(2)21/h4-12,17H,3H2,1-2H3,(H,19,22)(H,20,21). The van der Waals surface area contributed by atoms with Gasteiger partial charge in [0.1, 0.15) is 5.75 Å². The van der Waals surface area contributed by atoms with Gasteiger partial charge in [0.15, 0.2) is 6.10 Å². The highest BCUT2D eigenvalue weighted by Gasteiger charge is 2.19. The Morgan fingerprint density at radius 2 is 1.65 bits per heavy atom. The van der Waals surface area contributed by atoms with E-state index in [0.29, 0.717) is 17.9 Å². The Balaban J connectivity index is 2.05. The SMILES string of the molecule is CCC(Oc1ccccc1)C(=O)Nc1ccc(S(=O)(=O)NC(C)=O)cc1. The number of hydrogen-bond acceptors (Lipinski definition) is 5. The van der Waals surface area contributed by atoms with Gasteiger partial charge in [0.25, 0.3) is 15.9 Å². The molecule has 0 saturated heterocycles. The van der Waals surface area contributed by atoms with Crippen LogP contribution in [0.2, 0.25) is 0 Å². The number of rotatable bonds is 7. The van der Waals surface area contributed by atoms with Crippen LogP contribution in [0.1, 0.15) is 20.3 Å². The van der Waals surface area contributed by atoms with Crippen LogP contribution in [0, 0.1) is 0 Å². The van der Waals surface area contributed by atoms with Crippen LogP contribution in [0.5, 0.6) is 5.75 Å². The molecule has 8 heteroatoms. The summed E-state index contributed by atoms with van der Waals surface area (Å²) in [5.74, 6) is -0.425. The largest absolute Gasteiger partial charge is 0.481 e. The predicted molar refractivity (Wildman–Crippen MR) is 97.2 cm³/mol. The zero-order chi connectivity index (χ0) is 19.2. The predicted octanol–water partition coefficient (Wildman–Crippen LogP) is 2.31. The fourth-order valence-corrected chi connectivity index (χ4v) is 3.16. The van der Waals surface area contributed by atoms with Crippen molar-refractivity contribution in [2.45, 2.75) is 31.3 Å². The van der Waals surface area contributed by atoms with Gasteiger partial charge in [-0.2, -0.15) is 0 Å². The smallest absolute Gasteiger partial charge is 0.265 e. The third-order valence-electron chi connectivity index (χ3n) is 3.40. The van der Waals surface area contributed by atoms with Gasteiger partial charge in [-0.15, -0.1) is 0 Å². The number of benzene rings is 2. The lowest BCUT2D eigenvalue weighted by molar-refractivity contribution is -0.122. The lowest BCUT2D eigenvalue weighted by atomic mass is 10.2. The number of carbonyl (C=O) groups excluding carboxylic acids is 2. The maximum Gasteiger partial charge on any atom is 0.265 e. The van der Waals surface area contributed by atoms with E-state index in [-0.39, 0.29) is 10.8 Å². The molecule has 0 aliphatic heterocycles. The van der Waals surface area contributed by atoms with Gasteiger partial charge in [0.05, 0.1) is 4.90 Å². The van der Waals surface area contributed by atoms with E-state index in [0.717, 1.165) is 6.92 Å². The van der Waals surface area contributed by atoms with Gasteiger partial charge in [-0.05, 0) is 42.8 Å². The van der Waals surface area contributed by atoms with E-state index < -0.39 is 22.0 Å². The minimum Gasteiger partial charge on any atom is -0.481 e. The number of nitrogens with one attached hydrogen (secondary N) is 2. The molecule has 1 atom stereocenters. The molecule has 0 heterocycles. The van der Waals surface area contributed by atoms with Gasteiger partial charge in [-0.3, -0.25) is 9.59 Å². The zero-order valence-corrected chi connectivity index (χ0v) is 15.2. The van der Waals surface area contributed by atoms with E-state index in [9.17, 15) is 18.0 Å². The highest BCUT2D eigenvalue weighted by Crippen LogP contribution is 2.17. The number of para-hydroxylation sites is 1. The van der Waals surface area contributed by atoms with Crippen molar-refractivity contribution in [2.24, 2.45) is 0 Å². The minimum absolute atomic E-state index is 0.0710. The highest BCUT2D eigenvalue weighted by molar-refractivity contribution is 7.90. The molecule has 2 aromatic carbocycles. The number of ether oxygens (including phenoxy) is 1. The van der Waals surface area contributed by atoms with E-state index in [4.69, 9.17) is 4.74 Å². The average Bonchev–Trinajstić information content (AvgIpc) is 2.60. The number of hydrogen-bond donors (Lipinski definition) is 2. The van der Waals surface area contributed by atoms with Crippen LogP contribution in [-0.4, -0.2) is 26.3 Å². The molecule has 138 valence electrons. The first kappa shape index (κ1) is 19.5. The summed E-state index contributed by atoms with van der Waals surface area (Å²) in [4.78, 5) is 23.2. The van der Waals surface area contributed by atoms with Crippen LogP contribution in [0.4, 0.5) is 5.69 Å². The molecule has 2 N–H and O–H groups in total. The molecule has 2 amide bonds. The van der Waals surface area contributed by atoms with Crippen molar-refractivity contribution in [3.05, 3.63) is 54.6 Å². The third kappa shape index (κ3) is 5.32. The summed E-state index contributed by atoms with van der Waals surface area (Å²) in [5, 5.41) is 2.69. The van der Waals surface area contributed by atoms with Gasteiger partial charge in [0.2, 0.25) is 5.91 Å². The summed E-state index contributed by atoms with van der Waals surface area (Å²) in [6.07, 6.45) is -0.212. The van der Waals surface area contributed by atoms with Crippen molar-refractivity contribution in [1.82, 2.24) is 4.72 Å². The fraction of sp³-hybridized carbons (Fsp3) is 0.222. The minimum atomic E-state index is -3.90. The first-order valence-corrected chi connectivity index (χ1v) is 9.46. The van der Waals surface area contributed by atoms with Crippen LogP contribution in [0.15, 0.2) is 59.5 Å². The molecule has 26 heavy (non-hydrogen) atoms. The highest BCUT2D eigenvalue weighted by atomic mass is 32.2. The monoisotopic (exact) mass is 376 g/mol. The topological polar surface area (TPSA) is 102 Å². The maximum atomic E-state index is 12.4. The van der Waals surface area contributed by atoms with Crippen molar-refractivity contribution < 1.29 is 22.7 Å². The molecule has 0 aliphatic carbocycles. The Hall–Kier alpha value is -2.87. The molecule has 0 aromatic heterocycles. The molecule has 2 rings (SSSR count). The summed E-state index contributed by atoms with van der Waals surface area (Å²) in [6, 6.07) is 14.5. The van der Waals surface area contributed by atoms with Crippen LogP contribution >= 0.6 is 0 Å². The summed E-state index contributed by atoms with van der Waals surface area (Å²) in [7, 11) is -3.90. The van der Waals surface area contributed by atoms with Crippen molar-refractivity contribution in [3.8, 4) is 5.75 Å². The molecule has 2 aromatic rings. The fourth-order valence-electron chi connectivity index (χ4n) is 2.17. The van der Waals surface area contributed by atoms with Crippen LogP contribution in [0.3, 0.4) is 0 Å². The molecule has 0 saturated carbocycles. The second-order valence-corrected chi connectivity index (χ2v) is 7.19. The normalized spacial score (nSPS) is 12.1. The van der Waals surface area contributed by atoms with Crippen molar-refractivity contribution in [3.63, 3.8) is 0 Å². The van der Waals surface area contributed by atoms with Crippen LogP contribution < -0.4 is 14.8 Å². The third-order valence-corrected chi connectivity index (χ3v) is 4.84. The average molecular weight is 376 g/mol. The van der Waals surface area contributed by atoms with Gasteiger partial charge in [-0.1, -0.05) is 25.1 Å². The number of sulfonamides is 1. The van der Waals surface area contributed by atoms with E-state index in [1.165, 1.54) is 24.3 Å². The Morgan fingerprint density at radius 3 is 2.19 bits per heavy atom. The first-order chi connectivity index (χ1) is 12.3. The summed E-state index contributed by atoms with van der Waals surface area (Å²) in [6.45, 7) is 2.94. The summed E-state index contributed by atoms with van der Waals surface area (Å²) in [5.41, 5.74) is 0.423. The van der Waals surface area contributed by atoms with Gasteiger partial charge in [0, 0.05) is 12.6 Å². The van der Waals surface area contributed by atoms with Crippen molar-refractivity contribution in [1.29, 1.82) is 0 Å². The zero-order valence-electron chi connectivity index (χ0n) is 14.4. The quantitative estimate of drug-likeness (QED) is 0.772. The van der Waals surface area contributed by atoms with E-state index in [1.54, 1.807) is 12.1 Å². The summed E-state index contributed by atoms with van der Waals surface area (Å²) >= 11 is 0. The van der Waals surface area contributed by atoms with Crippen molar-refractivity contribution >= 4 is 27.5 Å². The molecule has 1 unspecified atom stereocenters. The Morgan fingerprint density at radius 1 is 1.04 bits per heavy atom. The molecule has 0 aliphatic rings. The lowest BCUT2D eigenvalue weighted by Gasteiger charge is -2.17. The molecule has 0 bridgehead atoms.